The zero-order valence-corrected chi connectivity index (χ0v) is 17.7. The maximum Gasteiger partial charge on any atom is 0.362 e. The highest BCUT2D eigenvalue weighted by atomic mass is 16.5. The molecule has 0 heterocycles. The van der Waals surface area contributed by atoms with E-state index in [0.717, 1.165) is 31.9 Å². The van der Waals surface area contributed by atoms with Gasteiger partial charge in [0.2, 0.25) is 0 Å². The van der Waals surface area contributed by atoms with Crippen molar-refractivity contribution in [2.75, 3.05) is 33.8 Å². The van der Waals surface area contributed by atoms with E-state index in [1.165, 1.54) is 38.5 Å². The van der Waals surface area contributed by atoms with Crippen molar-refractivity contribution < 1.29 is 18.8 Å². The van der Waals surface area contributed by atoms with Crippen molar-refractivity contribution >= 4 is 5.97 Å². The van der Waals surface area contributed by atoms with Crippen LogP contribution in [0.2, 0.25) is 0 Å². The van der Waals surface area contributed by atoms with Crippen molar-refractivity contribution in [1.29, 1.82) is 0 Å². The first kappa shape index (κ1) is 20.1. The minimum Gasteiger partial charge on any atom is -0.458 e. The average Bonchev–Trinajstić information content (AvgIpc) is 2.88. The number of nitrogens with zero attached hydrogens (tertiary/aromatic N) is 1. The van der Waals surface area contributed by atoms with Gasteiger partial charge in [-0.1, -0.05) is 27.2 Å². The van der Waals surface area contributed by atoms with Crippen LogP contribution in [0.3, 0.4) is 0 Å². The van der Waals surface area contributed by atoms with E-state index in [0.29, 0.717) is 28.0 Å². The molecule has 3 atom stereocenters. The number of rotatable bonds is 7. The Bertz CT molecular complexity index is 510. The lowest BCUT2D eigenvalue weighted by Gasteiger charge is -2.39. The minimum absolute atomic E-state index is 0.0464. The van der Waals surface area contributed by atoms with Gasteiger partial charge in [0.05, 0.1) is 26.8 Å². The van der Waals surface area contributed by atoms with Crippen LogP contribution in [0.4, 0.5) is 0 Å². The van der Waals surface area contributed by atoms with Crippen LogP contribution in [-0.2, 0) is 14.3 Å². The second-order valence-electron chi connectivity index (χ2n) is 10.5. The maximum atomic E-state index is 12.3. The van der Waals surface area contributed by atoms with Gasteiger partial charge in [0.1, 0.15) is 12.6 Å². The second-order valence-corrected chi connectivity index (χ2v) is 10.5. The number of fused-ring (bicyclic) bond motifs is 2. The first-order valence-corrected chi connectivity index (χ1v) is 10.8. The van der Waals surface area contributed by atoms with Crippen molar-refractivity contribution in [2.24, 2.45) is 16.7 Å². The fourth-order valence-electron chi connectivity index (χ4n) is 5.66. The largest absolute Gasteiger partial charge is 0.458 e. The lowest BCUT2D eigenvalue weighted by molar-refractivity contribution is -0.883. The van der Waals surface area contributed by atoms with E-state index < -0.39 is 0 Å². The molecule has 150 valence electrons. The predicted octanol–water partition coefficient (Wildman–Crippen LogP) is 4.17. The molecule has 0 spiro atoms. The summed E-state index contributed by atoms with van der Waals surface area (Å²) in [6.45, 7) is 9.30. The SMILES string of the molecule is CC1(C)[C@H]2CC[C@@]1(C)[C@H](OCC[N+](C)(C)CC(=O)OC1CCCCC1)C2. The molecule has 0 aromatic heterocycles. The fourth-order valence-corrected chi connectivity index (χ4v) is 5.66. The summed E-state index contributed by atoms with van der Waals surface area (Å²) in [6, 6.07) is 0. The fraction of sp³-hybridized carbons (Fsp3) is 0.955. The van der Waals surface area contributed by atoms with E-state index in [4.69, 9.17) is 9.47 Å². The standard InChI is InChI=1S/C22H40NO3/c1-21(2)17-11-12-22(21,3)19(15-17)25-14-13-23(4,5)16-20(24)26-18-9-7-6-8-10-18/h17-19H,6-16H2,1-5H3/q+1/t17-,19+,22-/m0/s1. The molecule has 0 aromatic rings. The average molecular weight is 367 g/mol. The molecule has 3 saturated carbocycles. The van der Waals surface area contributed by atoms with Gasteiger partial charge in [0.25, 0.3) is 0 Å². The number of likely N-dealkylation sites (N-methyl/N-ethyl adjacent to an activating group) is 1. The summed E-state index contributed by atoms with van der Waals surface area (Å²) < 4.78 is 12.7. The minimum atomic E-state index is -0.0464. The number of quaternary nitrogens is 1. The molecule has 0 radical (unpaired) electrons. The molecule has 3 aliphatic carbocycles. The van der Waals surface area contributed by atoms with Gasteiger partial charge in [0.15, 0.2) is 6.54 Å². The zero-order valence-electron chi connectivity index (χ0n) is 17.7. The molecule has 0 amide bonds. The van der Waals surface area contributed by atoms with E-state index in [-0.39, 0.29) is 12.1 Å². The Morgan fingerprint density at radius 1 is 1.08 bits per heavy atom. The molecule has 2 bridgehead atoms. The van der Waals surface area contributed by atoms with E-state index in [9.17, 15) is 4.79 Å². The molecule has 4 nitrogen and oxygen atoms in total. The topological polar surface area (TPSA) is 35.5 Å². The third-order valence-electron chi connectivity index (χ3n) is 8.14. The molecule has 0 unspecified atom stereocenters. The van der Waals surface area contributed by atoms with Crippen LogP contribution >= 0.6 is 0 Å². The van der Waals surface area contributed by atoms with Crippen LogP contribution in [0.15, 0.2) is 0 Å². The van der Waals surface area contributed by atoms with Gasteiger partial charge >= 0.3 is 5.97 Å². The van der Waals surface area contributed by atoms with Crippen molar-refractivity contribution in [1.82, 2.24) is 0 Å². The quantitative estimate of drug-likeness (QED) is 0.501. The van der Waals surface area contributed by atoms with Crippen LogP contribution in [0, 0.1) is 16.7 Å². The molecule has 0 saturated heterocycles. The van der Waals surface area contributed by atoms with Crippen LogP contribution in [0.1, 0.15) is 72.1 Å². The van der Waals surface area contributed by atoms with E-state index in [2.05, 4.69) is 34.9 Å². The van der Waals surface area contributed by atoms with Crippen molar-refractivity contribution in [3.63, 3.8) is 0 Å². The molecule has 0 aliphatic heterocycles. The van der Waals surface area contributed by atoms with Gasteiger partial charge in [0, 0.05) is 0 Å². The van der Waals surface area contributed by atoms with Crippen LogP contribution in [0.25, 0.3) is 0 Å². The third kappa shape index (κ3) is 3.96. The molecule has 3 rings (SSSR count). The highest BCUT2D eigenvalue weighted by Crippen LogP contribution is 2.66. The number of hydrogen-bond acceptors (Lipinski definition) is 3. The van der Waals surface area contributed by atoms with Gasteiger partial charge in [-0.3, -0.25) is 0 Å². The summed E-state index contributed by atoms with van der Waals surface area (Å²) in [4.78, 5) is 12.3. The van der Waals surface area contributed by atoms with Gasteiger partial charge < -0.3 is 14.0 Å². The number of hydrogen-bond donors (Lipinski definition) is 0. The maximum absolute atomic E-state index is 12.3. The van der Waals surface area contributed by atoms with E-state index >= 15 is 0 Å². The molecule has 0 N–H and O–H groups in total. The van der Waals surface area contributed by atoms with Gasteiger partial charge in [-0.2, -0.15) is 0 Å². The predicted molar refractivity (Wildman–Crippen MR) is 104 cm³/mol. The summed E-state index contributed by atoms with van der Waals surface area (Å²) in [5, 5.41) is 0. The van der Waals surface area contributed by atoms with Gasteiger partial charge in [-0.05, 0) is 61.7 Å². The number of carbonyl (C=O) groups excluding carboxylic acids is 1. The molecule has 4 heteroatoms. The lowest BCUT2D eigenvalue weighted by atomic mass is 9.70. The lowest BCUT2D eigenvalue weighted by Crippen LogP contribution is -2.48. The Balaban J connectivity index is 1.42. The molecule has 3 aliphatic rings. The Labute approximate surface area is 160 Å². The highest BCUT2D eigenvalue weighted by molar-refractivity contribution is 5.70. The summed E-state index contributed by atoms with van der Waals surface area (Å²) in [5.74, 6) is 0.764. The summed E-state index contributed by atoms with van der Waals surface area (Å²) in [7, 11) is 4.22. The molecule has 0 aromatic carbocycles. The zero-order chi connectivity index (χ0) is 19.0. The molecule has 3 fully saturated rings. The normalized spacial score (nSPS) is 34.2. The highest BCUT2D eigenvalue weighted by Gasteiger charge is 2.61. The van der Waals surface area contributed by atoms with Crippen LogP contribution in [0.5, 0.6) is 0 Å². The Morgan fingerprint density at radius 2 is 1.77 bits per heavy atom. The van der Waals surface area contributed by atoms with Gasteiger partial charge in [-0.15, -0.1) is 0 Å². The molecular formula is C22H40NO3+. The van der Waals surface area contributed by atoms with Crippen molar-refractivity contribution in [3.8, 4) is 0 Å². The van der Waals surface area contributed by atoms with Crippen LogP contribution < -0.4 is 0 Å². The monoisotopic (exact) mass is 366 g/mol. The third-order valence-corrected chi connectivity index (χ3v) is 8.14. The number of carbonyl (C=O) groups is 1. The van der Waals surface area contributed by atoms with E-state index in [1.807, 2.05) is 0 Å². The Kier molecular flexibility index (Phi) is 5.75. The van der Waals surface area contributed by atoms with Crippen molar-refractivity contribution in [2.45, 2.75) is 84.3 Å². The molecule has 26 heavy (non-hydrogen) atoms. The number of esters is 1. The Morgan fingerprint density at radius 3 is 2.35 bits per heavy atom. The van der Waals surface area contributed by atoms with E-state index in [1.54, 1.807) is 0 Å². The van der Waals surface area contributed by atoms with Crippen molar-refractivity contribution in [3.05, 3.63) is 0 Å². The summed E-state index contributed by atoms with van der Waals surface area (Å²) >= 11 is 0. The first-order valence-electron chi connectivity index (χ1n) is 10.8. The smallest absolute Gasteiger partial charge is 0.362 e. The number of ether oxygens (including phenoxy) is 2. The first-order chi connectivity index (χ1) is 12.1. The second kappa shape index (κ2) is 7.43. The molecular weight excluding hydrogens is 326 g/mol. The summed E-state index contributed by atoms with van der Waals surface area (Å²) in [6.07, 6.45) is 10.2. The Hall–Kier alpha value is -0.610. The van der Waals surface area contributed by atoms with Crippen LogP contribution in [-0.4, -0.2) is 56.5 Å². The van der Waals surface area contributed by atoms with Gasteiger partial charge in [-0.25, -0.2) is 4.79 Å². The summed E-state index contributed by atoms with van der Waals surface area (Å²) in [5.41, 5.74) is 0.709.